The number of β-amino-alcohol motifs (C(OH)–C–C–N with tert-alkyl or cyclic N) is 1. The number of aliphatic hydroxyl groups is 2. The van der Waals surface area contributed by atoms with Gasteiger partial charge in [-0.1, -0.05) is 29.8 Å². The van der Waals surface area contributed by atoms with Gasteiger partial charge in [-0.15, -0.1) is 0 Å². The van der Waals surface area contributed by atoms with Crippen molar-refractivity contribution < 1.29 is 28.6 Å². The normalized spacial score (nSPS) is 20.3. The van der Waals surface area contributed by atoms with Crippen LogP contribution in [0.4, 0.5) is 13.6 Å². The van der Waals surface area contributed by atoms with E-state index in [4.69, 9.17) is 11.6 Å². The summed E-state index contributed by atoms with van der Waals surface area (Å²) in [5.74, 6) is -2.02. The molecule has 3 aromatic rings. The van der Waals surface area contributed by atoms with E-state index < -0.39 is 40.5 Å². The molecule has 0 radical (unpaired) electrons. The Morgan fingerprint density at radius 2 is 1.87 bits per heavy atom. The second kappa shape index (κ2) is 14.1. The molecule has 2 aliphatic rings. The molecule has 2 saturated heterocycles. The molecule has 0 saturated carbocycles. The molecule has 0 spiro atoms. The number of piperidine rings is 1. The minimum atomic E-state index is -1.75. The van der Waals surface area contributed by atoms with Gasteiger partial charge >= 0.3 is 0 Å². The van der Waals surface area contributed by atoms with Crippen molar-refractivity contribution in [1.29, 1.82) is 0 Å². The summed E-state index contributed by atoms with van der Waals surface area (Å²) >= 11 is 6.77. The van der Waals surface area contributed by atoms with Crippen molar-refractivity contribution in [3.8, 4) is 0 Å². The van der Waals surface area contributed by atoms with Gasteiger partial charge in [0.15, 0.2) is 0 Å². The van der Waals surface area contributed by atoms with Gasteiger partial charge in [0.1, 0.15) is 29.9 Å². The van der Waals surface area contributed by atoms with Crippen molar-refractivity contribution in [2.75, 3.05) is 33.2 Å². The van der Waals surface area contributed by atoms with Crippen LogP contribution < -0.4 is 0 Å². The number of aliphatic hydroxyl groups excluding tert-OH is 1. The Hall–Kier alpha value is -3.20. The highest BCUT2D eigenvalue weighted by Crippen LogP contribution is 2.35. The molecule has 0 aliphatic carbocycles. The summed E-state index contributed by atoms with van der Waals surface area (Å²) in [6.45, 7) is 3.13. The van der Waals surface area contributed by atoms with Gasteiger partial charge in [0.2, 0.25) is 0 Å². The molecule has 3 heterocycles. The van der Waals surface area contributed by atoms with Crippen molar-refractivity contribution in [1.82, 2.24) is 29.5 Å². The second-order valence-corrected chi connectivity index (χ2v) is 12.9. The summed E-state index contributed by atoms with van der Waals surface area (Å²) < 4.78 is 30.1. The van der Waals surface area contributed by atoms with Crippen LogP contribution in [0.2, 0.25) is 5.02 Å². The molecule has 2 aromatic carbocycles. The lowest BCUT2D eigenvalue weighted by Crippen LogP contribution is -2.56. The van der Waals surface area contributed by atoms with Gasteiger partial charge in [-0.3, -0.25) is 19.4 Å². The monoisotopic (exact) mass is 660 g/mol. The molecule has 2 aliphatic heterocycles. The van der Waals surface area contributed by atoms with Gasteiger partial charge in [0, 0.05) is 35.3 Å². The van der Waals surface area contributed by atoms with Crippen LogP contribution in [-0.2, 0) is 16.9 Å². The van der Waals surface area contributed by atoms with E-state index in [2.05, 4.69) is 15.0 Å². The van der Waals surface area contributed by atoms with Crippen molar-refractivity contribution in [3.05, 3.63) is 87.8 Å². The van der Waals surface area contributed by atoms with E-state index in [0.717, 1.165) is 34.4 Å². The number of halogens is 3. The number of rotatable bonds is 11. The van der Waals surface area contributed by atoms with Gasteiger partial charge in [0.05, 0.1) is 24.1 Å². The zero-order valence-corrected chi connectivity index (χ0v) is 26.5. The molecule has 2 fully saturated rings. The fraction of sp³-hybridized carbons (Fsp3) is 0.419. The molecule has 3 unspecified atom stereocenters. The molecule has 5 rings (SSSR count). The SMILES string of the molecule is CC(N(C)C1CCN(CC(O)CN2C(=O)S/C(=C\c3ccc(Cl)cc3)C2=O)CC1)C(O)(Cn1cncn1)c1ccc(F)cc1F. The van der Waals surface area contributed by atoms with Gasteiger partial charge < -0.3 is 15.1 Å². The van der Waals surface area contributed by atoms with Crippen molar-refractivity contribution >= 4 is 40.6 Å². The zero-order chi connectivity index (χ0) is 32.3. The molecular weight excluding hydrogens is 626 g/mol. The third kappa shape index (κ3) is 7.62. The van der Waals surface area contributed by atoms with E-state index in [1.807, 2.05) is 11.9 Å². The lowest BCUT2D eigenvalue weighted by atomic mass is 9.84. The number of carbonyl (C=O) groups excluding carboxylic acids is 2. The number of likely N-dealkylation sites (N-methyl/N-ethyl adjacent to an activating group) is 1. The van der Waals surface area contributed by atoms with Crippen LogP contribution >= 0.6 is 23.4 Å². The quantitative estimate of drug-likeness (QED) is 0.295. The van der Waals surface area contributed by atoms with E-state index in [1.54, 1.807) is 37.3 Å². The number of hydrogen-bond donors (Lipinski definition) is 2. The predicted octanol–water partition coefficient (Wildman–Crippen LogP) is 3.98. The lowest BCUT2D eigenvalue weighted by Gasteiger charge is -2.45. The third-order valence-corrected chi connectivity index (χ3v) is 9.77. The molecule has 2 amide bonds. The van der Waals surface area contributed by atoms with Crippen LogP contribution in [0.25, 0.3) is 6.08 Å². The molecular formula is C31H35ClF2N6O4S. The average Bonchev–Trinajstić information content (AvgIpc) is 3.61. The number of amides is 2. The maximum Gasteiger partial charge on any atom is 0.293 e. The maximum absolute atomic E-state index is 15.0. The summed E-state index contributed by atoms with van der Waals surface area (Å²) in [5.41, 5.74) is -1.04. The van der Waals surface area contributed by atoms with Crippen molar-refractivity contribution in [2.45, 2.75) is 50.1 Å². The highest BCUT2D eigenvalue weighted by Gasteiger charge is 2.43. The first-order chi connectivity index (χ1) is 21.4. The van der Waals surface area contributed by atoms with Gasteiger partial charge in [-0.25, -0.2) is 18.4 Å². The Balaban J connectivity index is 1.17. The van der Waals surface area contributed by atoms with Crippen LogP contribution in [0.15, 0.2) is 60.0 Å². The van der Waals surface area contributed by atoms with E-state index in [-0.39, 0.29) is 36.1 Å². The Labute approximate surface area is 269 Å². The zero-order valence-electron chi connectivity index (χ0n) is 24.9. The van der Waals surface area contributed by atoms with Crippen LogP contribution in [0.3, 0.4) is 0 Å². The number of imide groups is 1. The number of carbonyl (C=O) groups is 2. The summed E-state index contributed by atoms with van der Waals surface area (Å²) in [7, 11) is 1.87. The van der Waals surface area contributed by atoms with E-state index in [1.165, 1.54) is 23.4 Å². The van der Waals surface area contributed by atoms with Gasteiger partial charge in [-0.05, 0) is 81.5 Å². The maximum atomic E-state index is 15.0. The number of aromatic nitrogens is 3. The number of likely N-dealkylation sites (tertiary alicyclic amines) is 1. The first-order valence-electron chi connectivity index (χ1n) is 14.6. The molecule has 14 heteroatoms. The molecule has 2 N–H and O–H groups in total. The Kier molecular flexibility index (Phi) is 10.4. The molecule has 1 aromatic heterocycles. The molecule has 3 atom stereocenters. The average molecular weight is 661 g/mol. The first-order valence-corrected chi connectivity index (χ1v) is 15.8. The Morgan fingerprint density at radius 1 is 1.16 bits per heavy atom. The standard InChI is InChI=1S/C31H35ClF2N6O4S/c1-20(31(44,17-39-19-35-18-36-39)26-8-7-23(33)14-27(26)34)37(2)24-9-11-38(12-10-24)15-25(41)16-40-29(42)28(45-30(40)43)13-21-3-5-22(32)6-4-21/h3-8,13-14,18-20,24-25,41,44H,9-12,15-17H2,1-2H3/b28-13-. The summed E-state index contributed by atoms with van der Waals surface area (Å²) in [5, 5.41) is 27.0. The molecule has 10 nitrogen and oxygen atoms in total. The highest BCUT2D eigenvalue weighted by molar-refractivity contribution is 8.18. The minimum absolute atomic E-state index is 0.0258. The largest absolute Gasteiger partial charge is 0.390 e. The minimum Gasteiger partial charge on any atom is -0.390 e. The fourth-order valence-electron chi connectivity index (χ4n) is 5.94. The van der Waals surface area contributed by atoms with Crippen LogP contribution in [-0.4, -0.2) is 102 Å². The highest BCUT2D eigenvalue weighted by atomic mass is 35.5. The van der Waals surface area contributed by atoms with Crippen molar-refractivity contribution in [3.63, 3.8) is 0 Å². The molecule has 240 valence electrons. The lowest BCUT2D eigenvalue weighted by molar-refractivity contribution is -0.123. The second-order valence-electron chi connectivity index (χ2n) is 11.5. The predicted molar refractivity (Wildman–Crippen MR) is 167 cm³/mol. The number of hydrogen-bond acceptors (Lipinski definition) is 9. The van der Waals surface area contributed by atoms with E-state index in [9.17, 15) is 28.6 Å². The first kappa shape index (κ1) is 33.2. The summed E-state index contributed by atoms with van der Waals surface area (Å²) in [6.07, 6.45) is 4.85. The Bertz CT molecular complexity index is 1540. The molecule has 45 heavy (non-hydrogen) atoms. The topological polar surface area (TPSA) is 115 Å². The van der Waals surface area contributed by atoms with E-state index >= 15 is 0 Å². The van der Waals surface area contributed by atoms with Crippen LogP contribution in [0.5, 0.6) is 0 Å². The van der Waals surface area contributed by atoms with Gasteiger partial charge in [0.25, 0.3) is 11.1 Å². The summed E-state index contributed by atoms with van der Waals surface area (Å²) in [4.78, 5) is 34.8. The van der Waals surface area contributed by atoms with Crippen LogP contribution in [0.1, 0.15) is 30.9 Å². The Morgan fingerprint density at radius 3 is 2.51 bits per heavy atom. The number of nitrogens with zero attached hydrogens (tertiary/aromatic N) is 6. The third-order valence-electron chi connectivity index (χ3n) is 8.61. The van der Waals surface area contributed by atoms with E-state index in [0.29, 0.717) is 31.0 Å². The fourth-order valence-corrected chi connectivity index (χ4v) is 6.92. The smallest absolute Gasteiger partial charge is 0.293 e. The number of thioether (sulfide) groups is 1. The molecule has 0 bridgehead atoms. The van der Waals surface area contributed by atoms with Crippen LogP contribution in [0, 0.1) is 11.6 Å². The van der Waals surface area contributed by atoms with Gasteiger partial charge in [-0.2, -0.15) is 5.10 Å². The number of benzene rings is 2. The summed E-state index contributed by atoms with van der Waals surface area (Å²) in [6, 6.07) is 9.50. The van der Waals surface area contributed by atoms with Crippen molar-refractivity contribution in [2.24, 2.45) is 0 Å².